The van der Waals surface area contributed by atoms with Crippen molar-refractivity contribution in [1.29, 1.82) is 0 Å². The Morgan fingerprint density at radius 1 is 1.13 bits per heavy atom. The molecule has 2 aromatic rings. The molecule has 1 heterocycles. The third-order valence-corrected chi connectivity index (χ3v) is 2.57. The molecule has 0 aliphatic carbocycles. The third kappa shape index (κ3) is 1.87. The van der Waals surface area contributed by atoms with E-state index in [1.54, 1.807) is 4.80 Å². The molecule has 0 unspecified atom stereocenters. The second-order valence-corrected chi connectivity index (χ2v) is 4.84. The lowest BCUT2D eigenvalue weighted by molar-refractivity contribution is 0.577. The number of aromatic nitrogens is 3. The summed E-state index contributed by atoms with van der Waals surface area (Å²) >= 11 is 0. The SMILES string of the molecule is CCn1nc2ccc(C(C)(C)C)cc2n1. The Labute approximate surface area is 90.1 Å². The molecule has 1 aromatic carbocycles. The van der Waals surface area contributed by atoms with Crippen LogP contribution < -0.4 is 0 Å². The van der Waals surface area contributed by atoms with Gasteiger partial charge >= 0.3 is 0 Å². The Morgan fingerprint density at radius 2 is 1.80 bits per heavy atom. The highest BCUT2D eigenvalue weighted by Crippen LogP contribution is 2.24. The lowest BCUT2D eigenvalue weighted by Gasteiger charge is -2.18. The molecule has 0 N–H and O–H groups in total. The van der Waals surface area contributed by atoms with Crippen LogP contribution in [0.25, 0.3) is 11.0 Å². The van der Waals surface area contributed by atoms with E-state index in [2.05, 4.69) is 49.2 Å². The van der Waals surface area contributed by atoms with E-state index in [1.165, 1.54) is 5.56 Å². The van der Waals surface area contributed by atoms with Gasteiger partial charge in [0.05, 0.1) is 6.54 Å². The van der Waals surface area contributed by atoms with Crippen molar-refractivity contribution in [2.75, 3.05) is 0 Å². The maximum absolute atomic E-state index is 4.41. The van der Waals surface area contributed by atoms with E-state index in [4.69, 9.17) is 0 Å². The summed E-state index contributed by atoms with van der Waals surface area (Å²) in [4.78, 5) is 1.73. The highest BCUT2D eigenvalue weighted by Gasteiger charge is 2.14. The van der Waals surface area contributed by atoms with Gasteiger partial charge in [0.1, 0.15) is 11.0 Å². The molecule has 0 spiro atoms. The van der Waals surface area contributed by atoms with Crippen LogP contribution in [0.5, 0.6) is 0 Å². The average Bonchev–Trinajstić information content (AvgIpc) is 2.57. The van der Waals surface area contributed by atoms with Crippen LogP contribution in [0, 0.1) is 0 Å². The fraction of sp³-hybridized carbons (Fsp3) is 0.500. The molecule has 0 atom stereocenters. The summed E-state index contributed by atoms with van der Waals surface area (Å²) in [5.41, 5.74) is 3.44. The number of aryl methyl sites for hydroxylation is 1. The largest absolute Gasteiger partial charge is 0.184 e. The van der Waals surface area contributed by atoms with E-state index in [9.17, 15) is 0 Å². The quantitative estimate of drug-likeness (QED) is 0.713. The van der Waals surface area contributed by atoms with Crippen LogP contribution >= 0.6 is 0 Å². The van der Waals surface area contributed by atoms with Crippen LogP contribution in [-0.2, 0) is 12.0 Å². The van der Waals surface area contributed by atoms with Gasteiger partial charge in [-0.25, -0.2) is 0 Å². The smallest absolute Gasteiger partial charge is 0.113 e. The van der Waals surface area contributed by atoms with Crippen LogP contribution in [0.2, 0.25) is 0 Å². The van der Waals surface area contributed by atoms with Gasteiger partial charge in [0, 0.05) is 0 Å². The second-order valence-electron chi connectivity index (χ2n) is 4.84. The van der Waals surface area contributed by atoms with Gasteiger partial charge in [-0.2, -0.15) is 15.0 Å². The first-order valence-corrected chi connectivity index (χ1v) is 5.36. The number of nitrogens with zero attached hydrogens (tertiary/aromatic N) is 3. The topological polar surface area (TPSA) is 30.7 Å². The Morgan fingerprint density at radius 3 is 2.40 bits per heavy atom. The molecule has 0 saturated heterocycles. The number of fused-ring (bicyclic) bond motifs is 1. The molecule has 0 saturated carbocycles. The molecule has 1 aromatic heterocycles. The van der Waals surface area contributed by atoms with Gasteiger partial charge in [-0.15, -0.1) is 0 Å². The van der Waals surface area contributed by atoms with Crippen molar-refractivity contribution >= 4 is 11.0 Å². The minimum Gasteiger partial charge on any atom is -0.184 e. The molecular weight excluding hydrogens is 186 g/mol. The van der Waals surface area contributed by atoms with Crippen molar-refractivity contribution in [2.45, 2.75) is 39.7 Å². The van der Waals surface area contributed by atoms with Gasteiger partial charge in [-0.1, -0.05) is 26.8 Å². The van der Waals surface area contributed by atoms with E-state index >= 15 is 0 Å². The zero-order valence-corrected chi connectivity index (χ0v) is 9.78. The average molecular weight is 203 g/mol. The Bertz CT molecular complexity index is 477. The molecule has 0 amide bonds. The van der Waals surface area contributed by atoms with Gasteiger partial charge < -0.3 is 0 Å². The monoisotopic (exact) mass is 203 g/mol. The van der Waals surface area contributed by atoms with Crippen molar-refractivity contribution in [3.05, 3.63) is 23.8 Å². The first-order valence-electron chi connectivity index (χ1n) is 5.36. The molecule has 15 heavy (non-hydrogen) atoms. The van der Waals surface area contributed by atoms with Gasteiger partial charge in [-0.3, -0.25) is 0 Å². The fourth-order valence-electron chi connectivity index (χ4n) is 1.57. The molecule has 3 nitrogen and oxygen atoms in total. The first kappa shape index (κ1) is 10.1. The van der Waals surface area contributed by atoms with E-state index in [1.807, 2.05) is 6.92 Å². The molecule has 3 heteroatoms. The van der Waals surface area contributed by atoms with Crippen LogP contribution in [0.4, 0.5) is 0 Å². The third-order valence-electron chi connectivity index (χ3n) is 2.57. The van der Waals surface area contributed by atoms with Crippen LogP contribution in [0.3, 0.4) is 0 Å². The van der Waals surface area contributed by atoms with Gasteiger partial charge in [0.2, 0.25) is 0 Å². The fourth-order valence-corrected chi connectivity index (χ4v) is 1.57. The standard InChI is InChI=1S/C12H17N3/c1-5-15-13-10-7-6-9(12(2,3)4)8-11(10)14-15/h6-8H,5H2,1-4H3. The number of hydrogen-bond acceptors (Lipinski definition) is 2. The van der Waals surface area contributed by atoms with Crippen LogP contribution in [-0.4, -0.2) is 15.0 Å². The summed E-state index contributed by atoms with van der Waals surface area (Å²) in [6.07, 6.45) is 0. The van der Waals surface area contributed by atoms with Crippen molar-refractivity contribution < 1.29 is 0 Å². The predicted octanol–water partition coefficient (Wildman–Crippen LogP) is 2.75. The maximum atomic E-state index is 4.41. The summed E-state index contributed by atoms with van der Waals surface area (Å²) in [5.74, 6) is 0. The zero-order valence-electron chi connectivity index (χ0n) is 9.78. The molecule has 2 rings (SSSR count). The van der Waals surface area contributed by atoms with Crippen molar-refractivity contribution in [3.8, 4) is 0 Å². The van der Waals surface area contributed by atoms with E-state index in [0.717, 1.165) is 17.6 Å². The Hall–Kier alpha value is -1.38. The number of benzene rings is 1. The maximum Gasteiger partial charge on any atom is 0.113 e. The molecule has 80 valence electrons. The zero-order chi connectivity index (χ0) is 11.1. The lowest BCUT2D eigenvalue weighted by Crippen LogP contribution is -2.10. The van der Waals surface area contributed by atoms with Gasteiger partial charge in [0.15, 0.2) is 0 Å². The molecular formula is C12H17N3. The van der Waals surface area contributed by atoms with Crippen molar-refractivity contribution in [3.63, 3.8) is 0 Å². The molecule has 0 bridgehead atoms. The second kappa shape index (κ2) is 3.33. The molecule has 0 fully saturated rings. The van der Waals surface area contributed by atoms with Crippen LogP contribution in [0.1, 0.15) is 33.3 Å². The lowest BCUT2D eigenvalue weighted by atomic mass is 9.87. The van der Waals surface area contributed by atoms with E-state index in [0.29, 0.717) is 0 Å². The Balaban J connectivity index is 2.55. The number of hydrogen-bond donors (Lipinski definition) is 0. The highest BCUT2D eigenvalue weighted by atomic mass is 15.5. The molecule has 0 radical (unpaired) electrons. The van der Waals surface area contributed by atoms with E-state index in [-0.39, 0.29) is 5.41 Å². The summed E-state index contributed by atoms with van der Waals surface area (Å²) in [5, 5.41) is 8.77. The minimum atomic E-state index is 0.171. The molecule has 0 aliphatic heterocycles. The van der Waals surface area contributed by atoms with Crippen LogP contribution in [0.15, 0.2) is 18.2 Å². The van der Waals surface area contributed by atoms with Crippen molar-refractivity contribution in [1.82, 2.24) is 15.0 Å². The van der Waals surface area contributed by atoms with Gasteiger partial charge in [0.25, 0.3) is 0 Å². The first-order chi connectivity index (χ1) is 7.00. The van der Waals surface area contributed by atoms with E-state index < -0.39 is 0 Å². The van der Waals surface area contributed by atoms with Crippen molar-refractivity contribution in [2.24, 2.45) is 0 Å². The number of rotatable bonds is 1. The minimum absolute atomic E-state index is 0.171. The predicted molar refractivity (Wildman–Crippen MR) is 61.9 cm³/mol. The summed E-state index contributed by atoms with van der Waals surface area (Å²) in [6, 6.07) is 6.32. The highest BCUT2D eigenvalue weighted by molar-refractivity contribution is 5.74. The van der Waals surface area contributed by atoms with Gasteiger partial charge in [-0.05, 0) is 30.0 Å². The summed E-state index contributed by atoms with van der Waals surface area (Å²) in [7, 11) is 0. The molecule has 0 aliphatic rings. The normalized spacial score (nSPS) is 12.3. The summed E-state index contributed by atoms with van der Waals surface area (Å²) in [6.45, 7) is 9.48. The Kier molecular flexibility index (Phi) is 2.25. The summed E-state index contributed by atoms with van der Waals surface area (Å²) < 4.78 is 0.